The van der Waals surface area contributed by atoms with E-state index in [-0.39, 0.29) is 6.47 Å². The summed E-state index contributed by atoms with van der Waals surface area (Å²) in [4.78, 5) is 9.27. The molecule has 2 N–H and O–H groups in total. The Morgan fingerprint density at radius 2 is 2.50 bits per heavy atom. The van der Waals surface area contributed by atoms with Gasteiger partial charge in [-0.2, -0.15) is 0 Å². The standard InChI is InChI=1S/C3H6NO2/c1-3(4)6-2-5/h2-3H,1,4H2. The molecule has 3 nitrogen and oxygen atoms in total. The molecule has 1 radical (unpaired) electrons. The van der Waals surface area contributed by atoms with E-state index in [1.165, 1.54) is 0 Å². The fourth-order valence-electron chi connectivity index (χ4n) is 0.0714. The summed E-state index contributed by atoms with van der Waals surface area (Å²) in [6.45, 7) is 3.41. The Kier molecular flexibility index (Phi) is 2.40. The highest BCUT2D eigenvalue weighted by Gasteiger charge is 1.83. The highest BCUT2D eigenvalue weighted by Crippen LogP contribution is 1.67. The minimum absolute atomic E-state index is 0.262. The molecule has 0 rings (SSSR count). The average Bonchev–Trinajstić information content (AvgIpc) is 1.35. The van der Waals surface area contributed by atoms with Crippen LogP contribution < -0.4 is 5.73 Å². The van der Waals surface area contributed by atoms with E-state index >= 15 is 0 Å². The van der Waals surface area contributed by atoms with Crippen molar-refractivity contribution in [1.29, 1.82) is 0 Å². The number of carbonyl (C=O) groups is 1. The van der Waals surface area contributed by atoms with Gasteiger partial charge < -0.3 is 4.74 Å². The van der Waals surface area contributed by atoms with Crippen LogP contribution in [0.4, 0.5) is 0 Å². The average molecular weight is 88.1 g/mol. The first-order valence-electron chi connectivity index (χ1n) is 1.45. The zero-order chi connectivity index (χ0) is 4.99. The lowest BCUT2D eigenvalue weighted by Crippen LogP contribution is -2.18. The third kappa shape index (κ3) is 3.43. The van der Waals surface area contributed by atoms with Gasteiger partial charge >= 0.3 is 0 Å². The second-order valence-electron chi connectivity index (χ2n) is 0.771. The zero-order valence-corrected chi connectivity index (χ0v) is 3.26. The summed E-state index contributed by atoms with van der Waals surface area (Å²) in [6, 6.07) is 0. The molecule has 0 aliphatic rings. The number of nitrogens with two attached hydrogens (primary N) is 1. The summed E-state index contributed by atoms with van der Waals surface area (Å²) in [5, 5.41) is 0. The molecule has 0 aromatic rings. The molecule has 0 spiro atoms. The van der Waals surface area contributed by atoms with Gasteiger partial charge in [-0.1, -0.05) is 0 Å². The molecular formula is C3H6NO2. The van der Waals surface area contributed by atoms with Crippen molar-refractivity contribution in [3.63, 3.8) is 0 Å². The van der Waals surface area contributed by atoms with Crippen LogP contribution in [0.2, 0.25) is 0 Å². The van der Waals surface area contributed by atoms with Crippen molar-refractivity contribution in [2.24, 2.45) is 5.73 Å². The minimum Gasteiger partial charge on any atom is -0.449 e. The van der Waals surface area contributed by atoms with E-state index in [1.807, 2.05) is 0 Å². The molecule has 0 aliphatic heterocycles. The van der Waals surface area contributed by atoms with Gasteiger partial charge in [0, 0.05) is 6.92 Å². The van der Waals surface area contributed by atoms with Gasteiger partial charge in [0.1, 0.15) is 0 Å². The van der Waals surface area contributed by atoms with E-state index in [0.29, 0.717) is 0 Å². The van der Waals surface area contributed by atoms with Crippen LogP contribution in [-0.2, 0) is 9.53 Å². The van der Waals surface area contributed by atoms with E-state index in [0.717, 1.165) is 0 Å². The predicted octanol–water partition coefficient (Wildman–Crippen LogP) is -0.722. The van der Waals surface area contributed by atoms with Gasteiger partial charge in [0.15, 0.2) is 6.23 Å². The van der Waals surface area contributed by atoms with E-state index in [9.17, 15) is 4.79 Å². The molecule has 1 atom stereocenters. The van der Waals surface area contributed by atoms with Crippen LogP contribution in [0, 0.1) is 6.92 Å². The molecule has 3 heteroatoms. The fraction of sp³-hybridized carbons (Fsp3) is 0.333. The van der Waals surface area contributed by atoms with Crippen LogP contribution in [0.1, 0.15) is 0 Å². The molecule has 0 fully saturated rings. The summed E-state index contributed by atoms with van der Waals surface area (Å²) < 4.78 is 4.03. The molecule has 0 heterocycles. The minimum atomic E-state index is -0.720. The lowest BCUT2D eigenvalue weighted by atomic mass is 10.7. The van der Waals surface area contributed by atoms with Crippen LogP contribution >= 0.6 is 0 Å². The topological polar surface area (TPSA) is 52.3 Å². The van der Waals surface area contributed by atoms with Crippen molar-refractivity contribution in [3.8, 4) is 0 Å². The van der Waals surface area contributed by atoms with E-state index in [2.05, 4.69) is 11.7 Å². The number of ether oxygens (including phenoxy) is 1. The van der Waals surface area contributed by atoms with E-state index < -0.39 is 6.23 Å². The summed E-state index contributed by atoms with van der Waals surface area (Å²) in [7, 11) is 0. The van der Waals surface area contributed by atoms with E-state index in [4.69, 9.17) is 5.73 Å². The Morgan fingerprint density at radius 3 is 2.50 bits per heavy atom. The summed E-state index contributed by atoms with van der Waals surface area (Å²) in [5.41, 5.74) is 4.84. The van der Waals surface area contributed by atoms with Crippen LogP contribution in [0.5, 0.6) is 0 Å². The Morgan fingerprint density at radius 1 is 2.00 bits per heavy atom. The maximum Gasteiger partial charge on any atom is 0.294 e. The lowest BCUT2D eigenvalue weighted by molar-refractivity contribution is -0.131. The second-order valence-corrected chi connectivity index (χ2v) is 0.771. The van der Waals surface area contributed by atoms with Crippen molar-refractivity contribution >= 4 is 6.47 Å². The van der Waals surface area contributed by atoms with Gasteiger partial charge in [0.05, 0.1) is 0 Å². The Balaban J connectivity index is 2.81. The zero-order valence-electron chi connectivity index (χ0n) is 3.26. The number of carbonyl (C=O) groups excluding carboxylic acids is 1. The maximum absolute atomic E-state index is 9.27. The number of hydrogen-bond acceptors (Lipinski definition) is 3. The monoisotopic (exact) mass is 88.0 g/mol. The summed E-state index contributed by atoms with van der Waals surface area (Å²) >= 11 is 0. The molecule has 35 valence electrons. The van der Waals surface area contributed by atoms with Crippen molar-refractivity contribution in [2.75, 3.05) is 0 Å². The van der Waals surface area contributed by atoms with Crippen molar-refractivity contribution < 1.29 is 9.53 Å². The first-order valence-corrected chi connectivity index (χ1v) is 1.45. The molecule has 0 aromatic heterocycles. The van der Waals surface area contributed by atoms with Crippen molar-refractivity contribution in [3.05, 3.63) is 6.92 Å². The molecule has 0 aromatic carbocycles. The quantitative estimate of drug-likeness (QED) is 0.358. The highest BCUT2D eigenvalue weighted by atomic mass is 16.5. The van der Waals surface area contributed by atoms with E-state index in [1.54, 1.807) is 0 Å². The summed E-state index contributed by atoms with van der Waals surface area (Å²) in [6.07, 6.45) is -0.720. The smallest absolute Gasteiger partial charge is 0.294 e. The van der Waals surface area contributed by atoms with Gasteiger partial charge in [0.2, 0.25) is 0 Å². The molecule has 0 saturated heterocycles. The Hall–Kier alpha value is -0.570. The molecule has 6 heavy (non-hydrogen) atoms. The molecule has 0 amide bonds. The van der Waals surface area contributed by atoms with Gasteiger partial charge in [0.25, 0.3) is 6.47 Å². The SMILES string of the molecule is [CH2]C(N)OC=O. The number of rotatable bonds is 2. The van der Waals surface area contributed by atoms with Crippen LogP contribution in [0.3, 0.4) is 0 Å². The van der Waals surface area contributed by atoms with Crippen molar-refractivity contribution in [2.45, 2.75) is 6.23 Å². The molecular weight excluding hydrogens is 82.0 g/mol. The molecule has 0 aliphatic carbocycles. The lowest BCUT2D eigenvalue weighted by Gasteiger charge is -1.96. The number of hydrogen-bond donors (Lipinski definition) is 1. The van der Waals surface area contributed by atoms with Gasteiger partial charge in [-0.25, -0.2) is 0 Å². The van der Waals surface area contributed by atoms with Gasteiger partial charge in [-0.3, -0.25) is 10.5 Å². The van der Waals surface area contributed by atoms with Gasteiger partial charge in [-0.05, 0) is 0 Å². The van der Waals surface area contributed by atoms with Crippen LogP contribution in [-0.4, -0.2) is 12.7 Å². The Bertz CT molecular complexity index is 44.1. The molecule has 0 saturated carbocycles. The molecule has 0 bridgehead atoms. The van der Waals surface area contributed by atoms with Crippen molar-refractivity contribution in [1.82, 2.24) is 0 Å². The fourth-order valence-corrected chi connectivity index (χ4v) is 0.0714. The third-order valence-corrected chi connectivity index (χ3v) is 0.230. The normalized spacial score (nSPS) is 13.0. The predicted molar refractivity (Wildman–Crippen MR) is 20.5 cm³/mol. The van der Waals surface area contributed by atoms with Gasteiger partial charge in [-0.15, -0.1) is 0 Å². The Labute approximate surface area is 36.1 Å². The largest absolute Gasteiger partial charge is 0.449 e. The second kappa shape index (κ2) is 2.66. The maximum atomic E-state index is 9.27. The third-order valence-electron chi connectivity index (χ3n) is 0.230. The summed E-state index contributed by atoms with van der Waals surface area (Å²) in [5.74, 6) is 0. The first kappa shape index (κ1) is 5.43. The molecule has 1 unspecified atom stereocenters. The van der Waals surface area contributed by atoms with Crippen LogP contribution in [0.25, 0.3) is 0 Å². The van der Waals surface area contributed by atoms with Crippen LogP contribution in [0.15, 0.2) is 0 Å². The first-order chi connectivity index (χ1) is 2.77. The highest BCUT2D eigenvalue weighted by molar-refractivity contribution is 5.37.